The lowest BCUT2D eigenvalue weighted by Gasteiger charge is -2.17. The number of hydrogen-bond donors (Lipinski definition) is 1. The third-order valence-electron chi connectivity index (χ3n) is 3.05. The molecule has 0 spiro atoms. The molecule has 1 heterocycles. The zero-order valence-electron chi connectivity index (χ0n) is 11.4. The molecular weight excluding hydrogens is 222 g/mol. The van der Waals surface area contributed by atoms with Crippen LogP contribution < -0.4 is 5.32 Å². The van der Waals surface area contributed by atoms with Gasteiger partial charge in [-0.3, -0.25) is 0 Å². The highest BCUT2D eigenvalue weighted by Crippen LogP contribution is 2.24. The zero-order valence-corrected chi connectivity index (χ0v) is 11.4. The van der Waals surface area contributed by atoms with Crippen LogP contribution in [0.25, 0.3) is 0 Å². The molecule has 0 aliphatic heterocycles. The molecule has 0 radical (unpaired) electrons. The van der Waals surface area contributed by atoms with E-state index in [2.05, 4.69) is 49.5 Å². The van der Waals surface area contributed by atoms with E-state index in [1.54, 1.807) is 0 Å². The molecule has 1 unspecified atom stereocenters. The van der Waals surface area contributed by atoms with Crippen LogP contribution in [0.3, 0.4) is 0 Å². The van der Waals surface area contributed by atoms with E-state index in [0.717, 1.165) is 24.5 Å². The van der Waals surface area contributed by atoms with Crippen LogP contribution in [0.4, 0.5) is 0 Å². The maximum absolute atomic E-state index is 5.76. The minimum Gasteiger partial charge on any atom is -0.464 e. The minimum atomic E-state index is 0.152. The highest BCUT2D eigenvalue weighted by molar-refractivity contribution is 5.29. The molecule has 1 aromatic heterocycles. The zero-order chi connectivity index (χ0) is 13.0. The molecule has 0 bridgehead atoms. The number of hydrogen-bond acceptors (Lipinski definition) is 2. The van der Waals surface area contributed by atoms with Gasteiger partial charge in [0.2, 0.25) is 0 Å². The average Bonchev–Trinajstić information content (AvgIpc) is 2.78. The Morgan fingerprint density at radius 2 is 1.78 bits per heavy atom. The molecule has 96 valence electrons. The number of furan rings is 1. The summed E-state index contributed by atoms with van der Waals surface area (Å²) in [5.41, 5.74) is 2.53. The summed E-state index contributed by atoms with van der Waals surface area (Å²) in [6.45, 7) is 7.25. The molecular formula is C16H21NO. The van der Waals surface area contributed by atoms with E-state index in [1.807, 2.05) is 13.0 Å². The Kier molecular flexibility index (Phi) is 4.21. The fourth-order valence-corrected chi connectivity index (χ4v) is 2.04. The largest absolute Gasteiger partial charge is 0.464 e. The van der Waals surface area contributed by atoms with Crippen molar-refractivity contribution in [3.63, 3.8) is 0 Å². The van der Waals surface area contributed by atoms with Gasteiger partial charge in [-0.25, -0.2) is 0 Å². The molecule has 1 atom stereocenters. The van der Waals surface area contributed by atoms with Gasteiger partial charge >= 0.3 is 0 Å². The van der Waals surface area contributed by atoms with E-state index in [1.165, 1.54) is 11.1 Å². The van der Waals surface area contributed by atoms with E-state index >= 15 is 0 Å². The molecule has 0 saturated carbocycles. The lowest BCUT2D eigenvalue weighted by atomic mass is 10.0. The average molecular weight is 243 g/mol. The molecule has 2 nitrogen and oxygen atoms in total. The Labute approximate surface area is 109 Å². The third kappa shape index (κ3) is 3.02. The maximum Gasteiger partial charge on any atom is 0.125 e. The summed E-state index contributed by atoms with van der Waals surface area (Å²) >= 11 is 0. The summed E-state index contributed by atoms with van der Waals surface area (Å²) in [5, 5.41) is 3.54. The monoisotopic (exact) mass is 243 g/mol. The molecule has 1 N–H and O–H groups in total. The summed E-state index contributed by atoms with van der Waals surface area (Å²) in [6.07, 6.45) is 1.11. The summed E-state index contributed by atoms with van der Waals surface area (Å²) in [5.74, 6) is 1.95. The predicted molar refractivity (Wildman–Crippen MR) is 74.8 cm³/mol. The summed E-state index contributed by atoms with van der Waals surface area (Å²) in [4.78, 5) is 0. The fraction of sp³-hybridized carbons (Fsp3) is 0.375. The first-order valence-corrected chi connectivity index (χ1v) is 6.57. The van der Waals surface area contributed by atoms with E-state index in [0.29, 0.717) is 0 Å². The van der Waals surface area contributed by atoms with Gasteiger partial charge < -0.3 is 9.73 Å². The van der Waals surface area contributed by atoms with Crippen LogP contribution in [0, 0.1) is 13.8 Å². The Morgan fingerprint density at radius 1 is 1.06 bits per heavy atom. The summed E-state index contributed by atoms with van der Waals surface area (Å²) in [7, 11) is 0. The van der Waals surface area contributed by atoms with Crippen molar-refractivity contribution in [1.82, 2.24) is 5.32 Å². The number of benzene rings is 1. The first-order valence-electron chi connectivity index (χ1n) is 6.57. The van der Waals surface area contributed by atoms with Crippen molar-refractivity contribution in [2.75, 3.05) is 6.54 Å². The fourth-order valence-electron chi connectivity index (χ4n) is 2.04. The van der Waals surface area contributed by atoms with Gasteiger partial charge in [0.05, 0.1) is 6.04 Å². The molecule has 0 fully saturated rings. The standard InChI is InChI=1S/C16H21NO/c1-4-11-17-16(15-10-7-13(3)18-15)14-8-5-12(2)6-9-14/h5-10,16-17H,4,11H2,1-3H3. The topological polar surface area (TPSA) is 25.2 Å². The van der Waals surface area contributed by atoms with Gasteiger partial charge in [-0.15, -0.1) is 0 Å². The first-order chi connectivity index (χ1) is 8.70. The number of nitrogens with one attached hydrogen (secondary N) is 1. The van der Waals surface area contributed by atoms with Gasteiger partial charge in [-0.2, -0.15) is 0 Å². The minimum absolute atomic E-state index is 0.152. The third-order valence-corrected chi connectivity index (χ3v) is 3.05. The van der Waals surface area contributed by atoms with E-state index in [-0.39, 0.29) is 6.04 Å². The van der Waals surface area contributed by atoms with Crippen LogP contribution in [-0.4, -0.2) is 6.54 Å². The Hall–Kier alpha value is -1.54. The van der Waals surface area contributed by atoms with Crippen LogP contribution in [0.15, 0.2) is 40.8 Å². The van der Waals surface area contributed by atoms with Crippen molar-refractivity contribution in [3.05, 3.63) is 59.0 Å². The van der Waals surface area contributed by atoms with Gasteiger partial charge in [-0.05, 0) is 44.5 Å². The molecule has 0 saturated heterocycles. The van der Waals surface area contributed by atoms with Crippen molar-refractivity contribution in [1.29, 1.82) is 0 Å². The quantitative estimate of drug-likeness (QED) is 0.859. The van der Waals surface area contributed by atoms with Crippen molar-refractivity contribution in [2.24, 2.45) is 0 Å². The van der Waals surface area contributed by atoms with Gasteiger partial charge in [0.25, 0.3) is 0 Å². The second kappa shape index (κ2) is 5.87. The molecule has 2 rings (SSSR count). The second-order valence-corrected chi connectivity index (χ2v) is 4.75. The summed E-state index contributed by atoms with van der Waals surface area (Å²) < 4.78 is 5.76. The lowest BCUT2D eigenvalue weighted by Crippen LogP contribution is -2.22. The van der Waals surface area contributed by atoms with Crippen LogP contribution in [0.5, 0.6) is 0 Å². The van der Waals surface area contributed by atoms with Crippen molar-refractivity contribution >= 4 is 0 Å². The van der Waals surface area contributed by atoms with E-state index in [4.69, 9.17) is 4.42 Å². The molecule has 2 heteroatoms. The lowest BCUT2D eigenvalue weighted by molar-refractivity contribution is 0.430. The highest BCUT2D eigenvalue weighted by Gasteiger charge is 2.16. The Balaban J connectivity index is 2.27. The van der Waals surface area contributed by atoms with Crippen LogP contribution >= 0.6 is 0 Å². The van der Waals surface area contributed by atoms with Gasteiger partial charge in [0, 0.05) is 0 Å². The number of aryl methyl sites for hydroxylation is 2. The van der Waals surface area contributed by atoms with Gasteiger partial charge in [0.15, 0.2) is 0 Å². The van der Waals surface area contributed by atoms with E-state index in [9.17, 15) is 0 Å². The Bertz CT molecular complexity index is 484. The predicted octanol–water partition coefficient (Wildman–Crippen LogP) is 3.99. The molecule has 0 amide bonds. The van der Waals surface area contributed by atoms with Crippen LogP contribution in [-0.2, 0) is 0 Å². The molecule has 0 aliphatic carbocycles. The first kappa shape index (κ1) is 12.9. The SMILES string of the molecule is CCCNC(c1ccc(C)cc1)c1ccc(C)o1. The smallest absolute Gasteiger partial charge is 0.125 e. The Morgan fingerprint density at radius 3 is 2.33 bits per heavy atom. The number of rotatable bonds is 5. The van der Waals surface area contributed by atoms with Crippen molar-refractivity contribution in [2.45, 2.75) is 33.2 Å². The summed E-state index contributed by atoms with van der Waals surface area (Å²) in [6, 6.07) is 12.9. The van der Waals surface area contributed by atoms with Gasteiger partial charge in [-0.1, -0.05) is 36.8 Å². The molecule has 2 aromatic rings. The van der Waals surface area contributed by atoms with Gasteiger partial charge in [0.1, 0.15) is 11.5 Å². The molecule has 1 aromatic carbocycles. The van der Waals surface area contributed by atoms with Crippen LogP contribution in [0.2, 0.25) is 0 Å². The van der Waals surface area contributed by atoms with Crippen molar-refractivity contribution in [3.8, 4) is 0 Å². The molecule has 18 heavy (non-hydrogen) atoms. The second-order valence-electron chi connectivity index (χ2n) is 4.75. The van der Waals surface area contributed by atoms with E-state index < -0.39 is 0 Å². The van der Waals surface area contributed by atoms with Crippen LogP contribution in [0.1, 0.15) is 42.0 Å². The molecule has 0 aliphatic rings. The maximum atomic E-state index is 5.76. The highest BCUT2D eigenvalue weighted by atomic mass is 16.3. The van der Waals surface area contributed by atoms with Crippen molar-refractivity contribution < 1.29 is 4.42 Å². The normalized spacial score (nSPS) is 12.6.